The zero-order valence-corrected chi connectivity index (χ0v) is 24.6. The molecule has 13 heteroatoms. The number of hydrogen-bond acceptors (Lipinski definition) is 6. The van der Waals surface area contributed by atoms with Crippen molar-refractivity contribution in [1.29, 1.82) is 0 Å². The third kappa shape index (κ3) is 7.85. The van der Waals surface area contributed by atoms with Crippen LogP contribution in [-0.2, 0) is 34.0 Å². The Kier molecular flexibility index (Phi) is 9.58. The van der Waals surface area contributed by atoms with E-state index in [0.717, 1.165) is 29.0 Å². The van der Waals surface area contributed by atoms with Gasteiger partial charge in [0.15, 0.2) is 21.7 Å². The number of ketones is 1. The van der Waals surface area contributed by atoms with Crippen LogP contribution in [-0.4, -0.2) is 40.0 Å². The summed E-state index contributed by atoms with van der Waals surface area (Å²) in [5, 5.41) is 0. The summed E-state index contributed by atoms with van der Waals surface area (Å²) in [6.45, 7) is 5.88. The van der Waals surface area contributed by atoms with Gasteiger partial charge in [-0.2, -0.15) is 13.2 Å². The first-order chi connectivity index (χ1) is 18.8. The van der Waals surface area contributed by atoms with Gasteiger partial charge in [-0.1, -0.05) is 19.1 Å². The number of aryl methyl sites for hydroxylation is 1. The smallest absolute Gasteiger partial charge is 0.412 e. The quantitative estimate of drug-likeness (QED) is 0.206. The number of alkyl halides is 3. The monoisotopic (exact) mass is 614 g/mol. The van der Waals surface area contributed by atoms with Gasteiger partial charge in [0.25, 0.3) is 5.56 Å². The molecule has 0 spiro atoms. The average Bonchev–Trinajstić information content (AvgIpc) is 2.87. The number of nitrogens with one attached hydrogen (secondary N) is 1. The van der Waals surface area contributed by atoms with Crippen molar-refractivity contribution in [3.8, 4) is 11.1 Å². The number of benzene rings is 2. The van der Waals surface area contributed by atoms with Gasteiger partial charge < -0.3 is 9.12 Å². The molecule has 0 amide bonds. The molecule has 3 rings (SSSR count). The lowest BCUT2D eigenvalue weighted by atomic mass is 9.89. The molecule has 2 aromatic carbocycles. The van der Waals surface area contributed by atoms with E-state index in [4.69, 9.17) is 0 Å². The first-order valence-corrected chi connectivity index (χ1v) is 15.4. The second-order valence-electron chi connectivity index (χ2n) is 10.5. The molecule has 0 aliphatic rings. The predicted octanol–water partition coefficient (Wildman–Crippen LogP) is 5.01. The van der Waals surface area contributed by atoms with Gasteiger partial charge in [0.05, 0.1) is 5.75 Å². The van der Waals surface area contributed by atoms with Gasteiger partial charge in [0, 0.05) is 53.1 Å². The summed E-state index contributed by atoms with van der Waals surface area (Å²) in [6.07, 6.45) is -3.90. The second kappa shape index (κ2) is 12.1. The van der Waals surface area contributed by atoms with Crippen molar-refractivity contribution < 1.29 is 35.3 Å². The maximum Gasteiger partial charge on any atom is 0.412 e. The van der Waals surface area contributed by atoms with Crippen LogP contribution >= 0.6 is 0 Å². The van der Waals surface area contributed by atoms with E-state index in [2.05, 4.69) is 4.72 Å². The fourth-order valence-corrected chi connectivity index (χ4v) is 5.63. The molecule has 0 fully saturated rings. The standard InChI is InChI=1S/C28H30F4N2O5S2/c1-6-41(38,39)16-17-7-12-20(25(36)18-8-10-19(29)11-9-18)21(13-17)23-15-34(5)24(35)14-22(23)26(28(30,31)32)33-40(37)27(2,3)4/h7-15,26,33H,6,16H2,1-5H3/t26-,40+/m1/s1. The van der Waals surface area contributed by atoms with E-state index in [-0.39, 0.29) is 33.6 Å². The molecule has 0 saturated carbocycles. The van der Waals surface area contributed by atoms with Gasteiger partial charge in [-0.3, -0.25) is 9.59 Å². The lowest BCUT2D eigenvalue weighted by Gasteiger charge is -2.30. The summed E-state index contributed by atoms with van der Waals surface area (Å²) < 4.78 is 96.6. The molecule has 3 aromatic rings. The molecule has 0 saturated heterocycles. The van der Waals surface area contributed by atoms with Crippen LogP contribution in [0.15, 0.2) is 59.5 Å². The van der Waals surface area contributed by atoms with Crippen LogP contribution in [0.25, 0.3) is 11.1 Å². The lowest BCUT2D eigenvalue weighted by Crippen LogP contribution is -2.46. The molecule has 222 valence electrons. The zero-order chi connectivity index (χ0) is 30.9. The first kappa shape index (κ1) is 32.5. The van der Waals surface area contributed by atoms with Crippen molar-refractivity contribution in [2.75, 3.05) is 5.75 Å². The number of carbonyl (C=O) groups excluding carboxylic acids is 1. The highest BCUT2D eigenvalue weighted by atomic mass is 32.2. The molecule has 1 aromatic heterocycles. The van der Waals surface area contributed by atoms with Crippen LogP contribution in [0, 0.1) is 5.82 Å². The Morgan fingerprint density at radius 2 is 1.66 bits per heavy atom. The Morgan fingerprint density at radius 3 is 2.20 bits per heavy atom. The highest BCUT2D eigenvalue weighted by Gasteiger charge is 2.47. The summed E-state index contributed by atoms with van der Waals surface area (Å²) in [5.74, 6) is -1.91. The summed E-state index contributed by atoms with van der Waals surface area (Å²) >= 11 is -2.22. The number of carbonyl (C=O) groups is 1. The van der Waals surface area contributed by atoms with Gasteiger partial charge in [-0.15, -0.1) is 4.72 Å². The summed E-state index contributed by atoms with van der Waals surface area (Å²) in [5.41, 5.74) is -1.54. The molecule has 2 atom stereocenters. The van der Waals surface area contributed by atoms with Crippen molar-refractivity contribution >= 4 is 27.0 Å². The molecule has 1 N–H and O–H groups in total. The number of hydrogen-bond donors (Lipinski definition) is 1. The molecule has 0 radical (unpaired) electrons. The molecular formula is C28H30F4N2O5S2. The van der Waals surface area contributed by atoms with Crippen LogP contribution in [0.5, 0.6) is 0 Å². The van der Waals surface area contributed by atoms with Gasteiger partial charge in [-0.25, -0.2) is 12.8 Å². The lowest BCUT2D eigenvalue weighted by molar-refractivity contribution is -0.153. The maximum atomic E-state index is 14.5. The minimum Gasteiger partial charge on any atom is -0.598 e. The Balaban J connectivity index is 2.37. The predicted molar refractivity (Wildman–Crippen MR) is 150 cm³/mol. The van der Waals surface area contributed by atoms with Crippen molar-refractivity contribution in [1.82, 2.24) is 9.29 Å². The molecule has 7 nitrogen and oxygen atoms in total. The van der Waals surface area contributed by atoms with Gasteiger partial charge in [0.1, 0.15) is 10.6 Å². The van der Waals surface area contributed by atoms with E-state index in [1.807, 2.05) is 0 Å². The fourth-order valence-electron chi connectivity index (χ4n) is 3.91. The first-order valence-electron chi connectivity index (χ1n) is 12.4. The number of pyridine rings is 1. The van der Waals surface area contributed by atoms with E-state index >= 15 is 0 Å². The zero-order valence-electron chi connectivity index (χ0n) is 23.0. The molecule has 0 aliphatic carbocycles. The minimum atomic E-state index is -5.02. The van der Waals surface area contributed by atoms with Crippen molar-refractivity contribution in [3.63, 3.8) is 0 Å². The normalized spacial score (nSPS) is 14.1. The van der Waals surface area contributed by atoms with Crippen LogP contribution in [0.2, 0.25) is 0 Å². The third-order valence-corrected chi connectivity index (χ3v) is 9.45. The van der Waals surface area contributed by atoms with Gasteiger partial charge in [0.2, 0.25) is 0 Å². The van der Waals surface area contributed by atoms with E-state index in [9.17, 15) is 40.1 Å². The highest BCUT2D eigenvalue weighted by Crippen LogP contribution is 2.40. The second-order valence-corrected chi connectivity index (χ2v) is 14.8. The fraction of sp³-hybridized carbons (Fsp3) is 0.357. The molecule has 0 bridgehead atoms. The molecule has 0 aliphatic heterocycles. The summed E-state index contributed by atoms with van der Waals surface area (Å²) in [4.78, 5) is 26.2. The topological polar surface area (TPSA) is 108 Å². The number of nitrogens with zero attached hydrogens (tertiary/aromatic N) is 1. The third-order valence-electron chi connectivity index (χ3n) is 6.23. The number of sulfone groups is 1. The highest BCUT2D eigenvalue weighted by molar-refractivity contribution is 7.91. The van der Waals surface area contributed by atoms with E-state index in [1.165, 1.54) is 65.1 Å². The minimum absolute atomic E-state index is 0.0345. The van der Waals surface area contributed by atoms with E-state index < -0.39 is 66.6 Å². The number of aromatic nitrogens is 1. The SMILES string of the molecule is CCS(=O)(=O)Cc1ccc(C(=O)c2ccc(F)cc2)c(-c2cn(C)c(=O)cc2[C@@H](N[S@@+]([O-])C(C)(C)C)C(F)(F)F)c1. The van der Waals surface area contributed by atoms with Crippen LogP contribution in [0.3, 0.4) is 0 Å². The Labute approximate surface area is 238 Å². The van der Waals surface area contributed by atoms with E-state index in [1.54, 1.807) is 0 Å². The molecular weight excluding hydrogens is 584 g/mol. The molecule has 41 heavy (non-hydrogen) atoms. The maximum absolute atomic E-state index is 14.5. The van der Waals surface area contributed by atoms with Gasteiger partial charge >= 0.3 is 6.18 Å². The van der Waals surface area contributed by atoms with Crippen LogP contribution in [0.4, 0.5) is 17.6 Å². The van der Waals surface area contributed by atoms with Crippen molar-refractivity contribution in [2.24, 2.45) is 7.05 Å². The Bertz CT molecular complexity index is 1600. The van der Waals surface area contributed by atoms with Crippen LogP contribution < -0.4 is 10.3 Å². The molecule has 1 heterocycles. The number of halogens is 4. The average molecular weight is 615 g/mol. The summed E-state index contributed by atoms with van der Waals surface area (Å²) in [6, 6.07) is 6.67. The molecule has 0 unspecified atom stereocenters. The summed E-state index contributed by atoms with van der Waals surface area (Å²) in [7, 11) is -2.26. The number of rotatable bonds is 9. The van der Waals surface area contributed by atoms with Crippen molar-refractivity contribution in [2.45, 2.75) is 50.4 Å². The van der Waals surface area contributed by atoms with Crippen molar-refractivity contribution in [3.05, 3.63) is 93.2 Å². The van der Waals surface area contributed by atoms with E-state index in [0.29, 0.717) is 0 Å². The Hall–Kier alpha value is -3.00. The largest absolute Gasteiger partial charge is 0.598 e. The Morgan fingerprint density at radius 1 is 1.05 bits per heavy atom. The van der Waals surface area contributed by atoms with Crippen LogP contribution in [0.1, 0.15) is 60.8 Å². The van der Waals surface area contributed by atoms with Gasteiger partial charge in [-0.05, 0) is 67.8 Å².